The van der Waals surface area contributed by atoms with Gasteiger partial charge in [-0.15, -0.1) is 0 Å². The number of carbonyl (C=O) groups excluding carboxylic acids is 1. The van der Waals surface area contributed by atoms with Crippen LogP contribution in [0.1, 0.15) is 16.1 Å². The van der Waals surface area contributed by atoms with E-state index in [4.69, 9.17) is 4.74 Å². The van der Waals surface area contributed by atoms with Gasteiger partial charge in [0.1, 0.15) is 5.69 Å². The monoisotopic (exact) mass is 232 g/mol. The number of aromatic nitrogens is 1. The Morgan fingerprint density at radius 1 is 1.41 bits per heavy atom. The molecule has 1 aromatic carbocycles. The molecule has 1 heterocycles. The summed E-state index contributed by atoms with van der Waals surface area (Å²) in [6.45, 7) is 3.07. The average molecular weight is 232 g/mol. The zero-order valence-corrected chi connectivity index (χ0v) is 10.0. The highest BCUT2D eigenvalue weighted by atomic mass is 16.5. The largest absolute Gasteiger partial charge is 0.383 e. The summed E-state index contributed by atoms with van der Waals surface area (Å²) < 4.78 is 4.88. The Kier molecular flexibility index (Phi) is 3.44. The van der Waals surface area contributed by atoms with E-state index in [9.17, 15) is 4.79 Å². The van der Waals surface area contributed by atoms with Gasteiger partial charge in [-0.1, -0.05) is 11.6 Å². The summed E-state index contributed by atoms with van der Waals surface area (Å²) in [7, 11) is 1.61. The van der Waals surface area contributed by atoms with Crippen LogP contribution >= 0.6 is 0 Å². The number of methoxy groups -OCH3 is 1. The van der Waals surface area contributed by atoms with Crippen LogP contribution in [-0.2, 0) is 4.74 Å². The Labute approximate surface area is 100.0 Å². The minimum absolute atomic E-state index is 0.101. The number of hydrogen-bond acceptors (Lipinski definition) is 2. The maximum atomic E-state index is 11.8. The fraction of sp³-hybridized carbons (Fsp3) is 0.308. The Morgan fingerprint density at radius 2 is 2.24 bits per heavy atom. The second-order valence-corrected chi connectivity index (χ2v) is 4.02. The van der Waals surface area contributed by atoms with E-state index < -0.39 is 0 Å². The lowest BCUT2D eigenvalue weighted by atomic mass is 10.2. The van der Waals surface area contributed by atoms with E-state index in [2.05, 4.69) is 16.4 Å². The minimum atomic E-state index is -0.101. The number of amides is 1. The maximum absolute atomic E-state index is 11.8. The van der Waals surface area contributed by atoms with Crippen molar-refractivity contribution in [1.82, 2.24) is 10.3 Å². The fourth-order valence-electron chi connectivity index (χ4n) is 1.74. The van der Waals surface area contributed by atoms with Gasteiger partial charge in [0.15, 0.2) is 0 Å². The molecule has 90 valence electrons. The normalized spacial score (nSPS) is 10.7. The topological polar surface area (TPSA) is 54.1 Å². The summed E-state index contributed by atoms with van der Waals surface area (Å²) in [4.78, 5) is 14.9. The van der Waals surface area contributed by atoms with Crippen molar-refractivity contribution in [2.24, 2.45) is 0 Å². The summed E-state index contributed by atoms with van der Waals surface area (Å²) >= 11 is 0. The first-order valence-corrected chi connectivity index (χ1v) is 5.57. The molecule has 0 aliphatic carbocycles. The molecule has 0 unspecified atom stereocenters. The van der Waals surface area contributed by atoms with Gasteiger partial charge in [-0.05, 0) is 25.1 Å². The first kappa shape index (κ1) is 11.7. The van der Waals surface area contributed by atoms with Crippen LogP contribution in [0.4, 0.5) is 0 Å². The number of H-pyrrole nitrogens is 1. The van der Waals surface area contributed by atoms with Crippen LogP contribution in [0.3, 0.4) is 0 Å². The molecule has 0 saturated heterocycles. The van der Waals surface area contributed by atoms with E-state index in [1.807, 2.05) is 25.1 Å². The van der Waals surface area contributed by atoms with Crippen molar-refractivity contribution >= 4 is 16.8 Å². The number of aromatic amines is 1. The van der Waals surface area contributed by atoms with Crippen molar-refractivity contribution in [3.8, 4) is 0 Å². The lowest BCUT2D eigenvalue weighted by molar-refractivity contribution is 0.0933. The number of nitrogens with one attached hydrogen (secondary N) is 2. The van der Waals surface area contributed by atoms with Crippen LogP contribution in [0.25, 0.3) is 10.9 Å². The SMILES string of the molecule is COCCNC(=O)c1cc2cc(C)ccc2[nH]1. The summed E-state index contributed by atoms with van der Waals surface area (Å²) in [5.41, 5.74) is 2.75. The van der Waals surface area contributed by atoms with Gasteiger partial charge in [0, 0.05) is 24.6 Å². The molecule has 0 bridgehead atoms. The Hall–Kier alpha value is -1.81. The Bertz CT molecular complexity index is 531. The summed E-state index contributed by atoms with van der Waals surface area (Å²) in [6.07, 6.45) is 0. The number of rotatable bonds is 4. The molecule has 0 fully saturated rings. The molecule has 17 heavy (non-hydrogen) atoms. The molecular formula is C13H16N2O2. The van der Waals surface area contributed by atoms with Crippen LogP contribution in [-0.4, -0.2) is 31.2 Å². The molecule has 2 rings (SSSR count). The first-order valence-electron chi connectivity index (χ1n) is 5.57. The number of hydrogen-bond donors (Lipinski definition) is 2. The average Bonchev–Trinajstić information content (AvgIpc) is 2.72. The van der Waals surface area contributed by atoms with E-state index in [1.54, 1.807) is 7.11 Å². The molecule has 1 aromatic heterocycles. The van der Waals surface area contributed by atoms with Crippen LogP contribution in [0, 0.1) is 6.92 Å². The van der Waals surface area contributed by atoms with Gasteiger partial charge in [0.25, 0.3) is 5.91 Å². The zero-order chi connectivity index (χ0) is 12.3. The van der Waals surface area contributed by atoms with Crippen LogP contribution in [0.2, 0.25) is 0 Å². The highest BCUT2D eigenvalue weighted by Crippen LogP contribution is 2.16. The highest BCUT2D eigenvalue weighted by Gasteiger charge is 2.08. The van der Waals surface area contributed by atoms with Gasteiger partial charge in [-0.25, -0.2) is 0 Å². The predicted octanol–water partition coefficient (Wildman–Crippen LogP) is 1.85. The first-order chi connectivity index (χ1) is 8.20. The van der Waals surface area contributed by atoms with Gasteiger partial charge in [-0.3, -0.25) is 4.79 Å². The molecule has 0 saturated carbocycles. The molecular weight excluding hydrogens is 216 g/mol. The summed E-state index contributed by atoms with van der Waals surface area (Å²) in [5, 5.41) is 3.84. The predicted molar refractivity (Wildman–Crippen MR) is 67.2 cm³/mol. The third kappa shape index (κ3) is 2.65. The highest BCUT2D eigenvalue weighted by molar-refractivity contribution is 5.98. The van der Waals surface area contributed by atoms with Gasteiger partial charge in [0.2, 0.25) is 0 Å². The van der Waals surface area contributed by atoms with E-state index in [0.717, 1.165) is 10.9 Å². The lowest BCUT2D eigenvalue weighted by Crippen LogP contribution is -2.27. The minimum Gasteiger partial charge on any atom is -0.383 e. The maximum Gasteiger partial charge on any atom is 0.267 e. The van der Waals surface area contributed by atoms with Gasteiger partial charge in [-0.2, -0.15) is 0 Å². The van der Waals surface area contributed by atoms with Crippen molar-refractivity contribution in [2.75, 3.05) is 20.3 Å². The quantitative estimate of drug-likeness (QED) is 0.790. The summed E-state index contributed by atoms with van der Waals surface area (Å²) in [5.74, 6) is -0.101. The van der Waals surface area contributed by atoms with E-state index in [1.165, 1.54) is 5.56 Å². The number of aryl methyl sites for hydroxylation is 1. The Balaban J connectivity index is 2.15. The van der Waals surface area contributed by atoms with Gasteiger partial charge >= 0.3 is 0 Å². The molecule has 0 radical (unpaired) electrons. The van der Waals surface area contributed by atoms with E-state index in [0.29, 0.717) is 18.8 Å². The van der Waals surface area contributed by atoms with Crippen molar-refractivity contribution in [3.63, 3.8) is 0 Å². The number of ether oxygens (including phenoxy) is 1. The standard InChI is InChI=1S/C13H16N2O2/c1-9-3-4-11-10(7-9)8-12(15-11)13(16)14-5-6-17-2/h3-4,7-8,15H,5-6H2,1-2H3,(H,14,16). The van der Waals surface area contributed by atoms with E-state index in [-0.39, 0.29) is 5.91 Å². The molecule has 0 spiro atoms. The molecule has 4 heteroatoms. The van der Waals surface area contributed by atoms with Crippen LogP contribution in [0.15, 0.2) is 24.3 Å². The molecule has 2 N–H and O–H groups in total. The molecule has 0 aliphatic rings. The fourth-order valence-corrected chi connectivity index (χ4v) is 1.74. The van der Waals surface area contributed by atoms with Crippen molar-refractivity contribution in [2.45, 2.75) is 6.92 Å². The summed E-state index contributed by atoms with van der Waals surface area (Å²) in [6, 6.07) is 7.92. The third-order valence-electron chi connectivity index (χ3n) is 2.61. The smallest absolute Gasteiger partial charge is 0.267 e. The molecule has 0 atom stereocenters. The molecule has 2 aromatic rings. The van der Waals surface area contributed by atoms with Crippen molar-refractivity contribution in [1.29, 1.82) is 0 Å². The van der Waals surface area contributed by atoms with Gasteiger partial charge in [0.05, 0.1) is 6.61 Å². The number of fused-ring (bicyclic) bond motifs is 1. The second kappa shape index (κ2) is 5.01. The van der Waals surface area contributed by atoms with Gasteiger partial charge < -0.3 is 15.0 Å². The lowest BCUT2D eigenvalue weighted by Gasteiger charge is -2.01. The Morgan fingerprint density at radius 3 is 3.00 bits per heavy atom. The molecule has 1 amide bonds. The van der Waals surface area contributed by atoms with Crippen molar-refractivity contribution < 1.29 is 9.53 Å². The number of benzene rings is 1. The van der Waals surface area contributed by atoms with Crippen LogP contribution < -0.4 is 5.32 Å². The molecule has 4 nitrogen and oxygen atoms in total. The number of carbonyl (C=O) groups is 1. The van der Waals surface area contributed by atoms with Crippen LogP contribution in [0.5, 0.6) is 0 Å². The zero-order valence-electron chi connectivity index (χ0n) is 10.0. The van der Waals surface area contributed by atoms with Crippen molar-refractivity contribution in [3.05, 3.63) is 35.5 Å². The third-order valence-corrected chi connectivity index (χ3v) is 2.61. The van der Waals surface area contributed by atoms with E-state index >= 15 is 0 Å². The second-order valence-electron chi connectivity index (χ2n) is 4.02. The molecule has 0 aliphatic heterocycles.